The third-order valence-electron chi connectivity index (χ3n) is 3.15. The fourth-order valence-electron chi connectivity index (χ4n) is 2.00. The van der Waals surface area contributed by atoms with Gasteiger partial charge >= 0.3 is 0 Å². The number of nitrogens with one attached hydrogen (secondary N) is 1. The molecule has 0 aromatic heterocycles. The minimum Gasteiger partial charge on any atom is -0.322 e. The van der Waals surface area contributed by atoms with E-state index < -0.39 is 0 Å². The number of hydrogen-bond donors (Lipinski definition) is 1. The van der Waals surface area contributed by atoms with Crippen LogP contribution in [0, 0.1) is 6.92 Å². The number of carbonyl (C=O) groups excluding carboxylic acids is 1. The molecule has 0 aliphatic rings. The van der Waals surface area contributed by atoms with Crippen LogP contribution < -0.4 is 5.32 Å². The molecule has 0 saturated carbocycles. The Kier molecular flexibility index (Phi) is 4.84. The second kappa shape index (κ2) is 6.42. The van der Waals surface area contributed by atoms with Crippen LogP contribution in [-0.2, 0) is 0 Å². The van der Waals surface area contributed by atoms with Crippen LogP contribution in [0.15, 0.2) is 42.5 Å². The predicted octanol–water partition coefficient (Wildman–Crippen LogP) is 5.36. The fraction of sp³-hybridized carbons (Fsp3) is 0.188. The zero-order valence-corrected chi connectivity index (χ0v) is 13.6. The van der Waals surface area contributed by atoms with Crippen LogP contribution in [0.3, 0.4) is 0 Å². The molecule has 2 rings (SSSR count). The Balaban J connectivity index is 2.31. The molecule has 0 aliphatic heterocycles. The normalized spacial score (nSPS) is 12.0. The summed E-state index contributed by atoms with van der Waals surface area (Å²) < 4.78 is 0. The van der Waals surface area contributed by atoms with Crippen molar-refractivity contribution in [3.05, 3.63) is 64.2 Å². The van der Waals surface area contributed by atoms with Crippen LogP contribution in [0.25, 0.3) is 0 Å². The van der Waals surface area contributed by atoms with E-state index in [-0.39, 0.29) is 10.7 Å². The average molecular weight is 353 g/mol. The predicted molar refractivity (Wildman–Crippen MR) is 87.9 cm³/mol. The molecule has 0 heterocycles. The zero-order valence-electron chi connectivity index (χ0n) is 11.3. The molecule has 1 atom stereocenters. The molecule has 0 fully saturated rings. The molecule has 1 unspecified atom stereocenters. The SMILES string of the molecule is Cc1c(Cl)cccc1C(=O)Nc1ccccc1C(C)Br. The maximum Gasteiger partial charge on any atom is 0.255 e. The number of rotatable bonds is 3. The van der Waals surface area contributed by atoms with E-state index in [0.717, 1.165) is 16.8 Å². The Bertz CT molecular complexity index is 640. The summed E-state index contributed by atoms with van der Waals surface area (Å²) >= 11 is 9.59. The van der Waals surface area contributed by atoms with Crippen LogP contribution in [0.5, 0.6) is 0 Å². The van der Waals surface area contributed by atoms with Gasteiger partial charge in [-0.2, -0.15) is 0 Å². The number of benzene rings is 2. The lowest BCUT2D eigenvalue weighted by molar-refractivity contribution is 0.102. The van der Waals surface area contributed by atoms with Gasteiger partial charge in [0.25, 0.3) is 5.91 Å². The molecule has 4 heteroatoms. The van der Waals surface area contributed by atoms with E-state index in [2.05, 4.69) is 21.2 Å². The highest BCUT2D eigenvalue weighted by molar-refractivity contribution is 9.09. The molecule has 1 N–H and O–H groups in total. The summed E-state index contributed by atoms with van der Waals surface area (Å²) in [6, 6.07) is 13.1. The summed E-state index contributed by atoms with van der Waals surface area (Å²) in [6.45, 7) is 3.87. The zero-order chi connectivity index (χ0) is 14.7. The van der Waals surface area contributed by atoms with E-state index in [4.69, 9.17) is 11.6 Å². The number of para-hydroxylation sites is 1. The Morgan fingerprint density at radius 3 is 2.60 bits per heavy atom. The van der Waals surface area contributed by atoms with Crippen molar-refractivity contribution in [3.8, 4) is 0 Å². The van der Waals surface area contributed by atoms with E-state index in [0.29, 0.717) is 10.6 Å². The molecular formula is C16H15BrClNO. The highest BCUT2D eigenvalue weighted by Crippen LogP contribution is 2.29. The maximum absolute atomic E-state index is 12.4. The molecule has 0 bridgehead atoms. The van der Waals surface area contributed by atoms with Crippen LogP contribution in [0.1, 0.15) is 33.2 Å². The number of amides is 1. The van der Waals surface area contributed by atoms with Gasteiger partial charge in [0.15, 0.2) is 0 Å². The Morgan fingerprint density at radius 1 is 1.20 bits per heavy atom. The first-order valence-electron chi connectivity index (χ1n) is 6.30. The molecule has 2 nitrogen and oxygen atoms in total. The fourth-order valence-corrected chi connectivity index (χ4v) is 2.57. The van der Waals surface area contributed by atoms with Crippen molar-refractivity contribution < 1.29 is 4.79 Å². The van der Waals surface area contributed by atoms with Crippen LogP contribution in [-0.4, -0.2) is 5.91 Å². The Morgan fingerprint density at radius 2 is 1.90 bits per heavy atom. The molecular weight excluding hydrogens is 338 g/mol. The van der Waals surface area contributed by atoms with E-state index >= 15 is 0 Å². The summed E-state index contributed by atoms with van der Waals surface area (Å²) in [5.41, 5.74) is 3.23. The Labute approximate surface area is 132 Å². The number of carbonyl (C=O) groups is 1. The van der Waals surface area contributed by atoms with Gasteiger partial charge in [-0.15, -0.1) is 0 Å². The van der Waals surface area contributed by atoms with E-state index in [1.165, 1.54) is 0 Å². The molecule has 2 aromatic rings. The van der Waals surface area contributed by atoms with Gasteiger partial charge in [-0.05, 0) is 43.2 Å². The van der Waals surface area contributed by atoms with Gasteiger partial charge in [-0.1, -0.05) is 51.8 Å². The summed E-state index contributed by atoms with van der Waals surface area (Å²) in [5, 5.41) is 3.55. The number of hydrogen-bond acceptors (Lipinski definition) is 1. The first-order valence-corrected chi connectivity index (χ1v) is 7.59. The van der Waals surface area contributed by atoms with Crippen LogP contribution in [0.2, 0.25) is 5.02 Å². The molecule has 2 aromatic carbocycles. The first-order chi connectivity index (χ1) is 9.50. The molecule has 0 radical (unpaired) electrons. The summed E-state index contributed by atoms with van der Waals surface area (Å²) in [5.74, 6) is -0.148. The van der Waals surface area contributed by atoms with Gasteiger partial charge in [0.05, 0.1) is 0 Å². The van der Waals surface area contributed by atoms with Crippen molar-refractivity contribution in [2.75, 3.05) is 5.32 Å². The van der Waals surface area contributed by atoms with Crippen molar-refractivity contribution in [1.82, 2.24) is 0 Å². The van der Waals surface area contributed by atoms with Crippen LogP contribution >= 0.6 is 27.5 Å². The standard InChI is InChI=1S/C16H15BrClNO/c1-10-12(7-5-8-14(10)18)16(20)19-15-9-4-3-6-13(15)11(2)17/h3-9,11H,1-2H3,(H,19,20). The van der Waals surface area contributed by atoms with Gasteiger partial charge in [-0.25, -0.2) is 0 Å². The Hall–Kier alpha value is -1.32. The minimum absolute atomic E-state index is 0.148. The van der Waals surface area contributed by atoms with Crippen molar-refractivity contribution in [2.24, 2.45) is 0 Å². The highest BCUT2D eigenvalue weighted by Gasteiger charge is 2.14. The van der Waals surface area contributed by atoms with Gasteiger partial charge in [0.1, 0.15) is 0 Å². The van der Waals surface area contributed by atoms with Gasteiger partial charge in [0, 0.05) is 21.1 Å². The molecule has 0 spiro atoms. The van der Waals surface area contributed by atoms with Crippen molar-refractivity contribution >= 4 is 39.1 Å². The molecule has 20 heavy (non-hydrogen) atoms. The number of halogens is 2. The smallest absolute Gasteiger partial charge is 0.255 e. The van der Waals surface area contributed by atoms with Crippen molar-refractivity contribution in [3.63, 3.8) is 0 Å². The highest BCUT2D eigenvalue weighted by atomic mass is 79.9. The lowest BCUT2D eigenvalue weighted by atomic mass is 10.1. The molecule has 1 amide bonds. The second-order valence-electron chi connectivity index (χ2n) is 4.57. The molecule has 0 saturated heterocycles. The van der Waals surface area contributed by atoms with Gasteiger partial charge in [0.2, 0.25) is 0 Å². The quantitative estimate of drug-likeness (QED) is 0.741. The number of alkyl halides is 1. The largest absolute Gasteiger partial charge is 0.322 e. The van der Waals surface area contributed by atoms with E-state index in [1.807, 2.05) is 38.1 Å². The monoisotopic (exact) mass is 351 g/mol. The maximum atomic E-state index is 12.4. The number of anilines is 1. The van der Waals surface area contributed by atoms with Crippen molar-refractivity contribution in [2.45, 2.75) is 18.7 Å². The first kappa shape index (κ1) is 15.1. The average Bonchev–Trinajstić information content (AvgIpc) is 2.42. The molecule has 0 aliphatic carbocycles. The molecule has 104 valence electrons. The minimum atomic E-state index is -0.148. The van der Waals surface area contributed by atoms with Crippen molar-refractivity contribution in [1.29, 1.82) is 0 Å². The second-order valence-corrected chi connectivity index (χ2v) is 6.35. The summed E-state index contributed by atoms with van der Waals surface area (Å²) in [7, 11) is 0. The topological polar surface area (TPSA) is 29.1 Å². The third-order valence-corrected chi connectivity index (χ3v) is 4.05. The van der Waals surface area contributed by atoms with Gasteiger partial charge < -0.3 is 5.32 Å². The van der Waals surface area contributed by atoms with E-state index in [1.54, 1.807) is 18.2 Å². The third kappa shape index (κ3) is 3.22. The summed E-state index contributed by atoms with van der Waals surface area (Å²) in [4.78, 5) is 12.5. The lowest BCUT2D eigenvalue weighted by Crippen LogP contribution is -2.14. The lowest BCUT2D eigenvalue weighted by Gasteiger charge is -2.14. The van der Waals surface area contributed by atoms with E-state index in [9.17, 15) is 4.79 Å². The van der Waals surface area contributed by atoms with Gasteiger partial charge in [-0.3, -0.25) is 4.79 Å². The summed E-state index contributed by atoms with van der Waals surface area (Å²) in [6.07, 6.45) is 0. The van der Waals surface area contributed by atoms with Crippen LogP contribution in [0.4, 0.5) is 5.69 Å².